The lowest BCUT2D eigenvalue weighted by molar-refractivity contribution is 0.795. The molecular formula is C25H31N. The standard InChI is InChI=1S/C25H31N/c1-6-8-12-21-15-17-22(18-16-21)19-24(20(3)4)25(7-2)26(5)23-13-10-9-11-14-23/h7,9-11,13-19,25H,2-3,6,8,12H2,1,4-5H3. The minimum atomic E-state index is 0.0784. The maximum atomic E-state index is 4.21. The number of hydrogen-bond acceptors (Lipinski definition) is 1. The van der Waals surface area contributed by atoms with E-state index < -0.39 is 0 Å². The average Bonchev–Trinajstić information content (AvgIpc) is 2.67. The van der Waals surface area contributed by atoms with Gasteiger partial charge in [-0.2, -0.15) is 0 Å². The van der Waals surface area contributed by atoms with Crippen LogP contribution in [0.25, 0.3) is 6.08 Å². The first-order valence-electron chi connectivity index (χ1n) is 9.43. The number of unbranched alkanes of at least 4 members (excludes halogenated alkanes) is 1. The molecule has 136 valence electrons. The fourth-order valence-electron chi connectivity index (χ4n) is 3.12. The van der Waals surface area contributed by atoms with Crippen molar-refractivity contribution in [2.45, 2.75) is 39.2 Å². The van der Waals surface area contributed by atoms with Crippen LogP contribution >= 0.6 is 0 Å². The summed E-state index contributed by atoms with van der Waals surface area (Å²) in [5, 5.41) is 0. The summed E-state index contributed by atoms with van der Waals surface area (Å²) in [5.74, 6) is 0. The van der Waals surface area contributed by atoms with Crippen LogP contribution in [0.2, 0.25) is 0 Å². The van der Waals surface area contributed by atoms with Gasteiger partial charge in [-0.1, -0.05) is 74.0 Å². The van der Waals surface area contributed by atoms with E-state index in [2.05, 4.69) is 93.6 Å². The van der Waals surface area contributed by atoms with Crippen LogP contribution in [0.15, 0.2) is 85.0 Å². The molecule has 0 radical (unpaired) electrons. The minimum Gasteiger partial charge on any atom is -0.364 e. The summed E-state index contributed by atoms with van der Waals surface area (Å²) in [6.07, 6.45) is 7.85. The Morgan fingerprint density at radius 3 is 2.27 bits per heavy atom. The molecule has 2 aromatic carbocycles. The monoisotopic (exact) mass is 345 g/mol. The first-order valence-corrected chi connectivity index (χ1v) is 9.43. The number of aryl methyl sites for hydroxylation is 1. The molecule has 0 heterocycles. The summed E-state index contributed by atoms with van der Waals surface area (Å²) >= 11 is 0. The highest BCUT2D eigenvalue weighted by atomic mass is 15.1. The van der Waals surface area contributed by atoms with E-state index in [4.69, 9.17) is 0 Å². The number of benzene rings is 2. The van der Waals surface area contributed by atoms with Crippen molar-refractivity contribution in [1.82, 2.24) is 0 Å². The third-order valence-corrected chi connectivity index (χ3v) is 4.74. The van der Waals surface area contributed by atoms with E-state index in [-0.39, 0.29) is 6.04 Å². The number of likely N-dealkylation sites (N-methyl/N-ethyl adjacent to an activating group) is 1. The molecule has 1 heteroatoms. The molecule has 0 fully saturated rings. The van der Waals surface area contributed by atoms with Crippen molar-refractivity contribution in [1.29, 1.82) is 0 Å². The van der Waals surface area contributed by atoms with Gasteiger partial charge in [-0.3, -0.25) is 0 Å². The lowest BCUT2D eigenvalue weighted by Crippen LogP contribution is -2.31. The van der Waals surface area contributed by atoms with Crippen molar-refractivity contribution < 1.29 is 0 Å². The highest BCUT2D eigenvalue weighted by molar-refractivity contribution is 5.64. The van der Waals surface area contributed by atoms with Gasteiger partial charge in [0, 0.05) is 12.7 Å². The van der Waals surface area contributed by atoms with Gasteiger partial charge in [-0.05, 0) is 54.7 Å². The fourth-order valence-corrected chi connectivity index (χ4v) is 3.12. The zero-order chi connectivity index (χ0) is 18.9. The number of hydrogen-bond donors (Lipinski definition) is 0. The Labute approximate surface area is 159 Å². The Bertz CT molecular complexity index is 737. The van der Waals surface area contributed by atoms with Gasteiger partial charge >= 0.3 is 0 Å². The molecule has 1 unspecified atom stereocenters. The van der Waals surface area contributed by atoms with Gasteiger partial charge in [0.1, 0.15) is 0 Å². The molecule has 0 N–H and O–H groups in total. The van der Waals surface area contributed by atoms with Gasteiger partial charge in [-0.25, -0.2) is 0 Å². The van der Waals surface area contributed by atoms with Crippen molar-refractivity contribution in [3.8, 4) is 0 Å². The second-order valence-electron chi connectivity index (χ2n) is 6.85. The Morgan fingerprint density at radius 1 is 1.08 bits per heavy atom. The predicted molar refractivity (Wildman–Crippen MR) is 117 cm³/mol. The van der Waals surface area contributed by atoms with Crippen LogP contribution in [0.3, 0.4) is 0 Å². The van der Waals surface area contributed by atoms with Gasteiger partial charge in [0.05, 0.1) is 6.04 Å². The fraction of sp³-hybridized carbons (Fsp3) is 0.280. The molecular weight excluding hydrogens is 314 g/mol. The van der Waals surface area contributed by atoms with Crippen LogP contribution < -0.4 is 4.90 Å². The molecule has 0 saturated carbocycles. The molecule has 0 aromatic heterocycles. The van der Waals surface area contributed by atoms with Crippen LogP contribution in [0.5, 0.6) is 0 Å². The lowest BCUT2D eigenvalue weighted by Gasteiger charge is -2.30. The maximum absolute atomic E-state index is 4.21. The topological polar surface area (TPSA) is 3.24 Å². The molecule has 1 nitrogen and oxygen atoms in total. The summed E-state index contributed by atoms with van der Waals surface area (Å²) in [6, 6.07) is 19.4. The van der Waals surface area contributed by atoms with E-state index in [0.29, 0.717) is 0 Å². The van der Waals surface area contributed by atoms with Crippen molar-refractivity contribution in [2.75, 3.05) is 11.9 Å². The number of nitrogens with zero attached hydrogens (tertiary/aromatic N) is 1. The van der Waals surface area contributed by atoms with Crippen LogP contribution in [-0.4, -0.2) is 13.1 Å². The SMILES string of the molecule is C=CC(C(=Cc1ccc(CCCC)cc1)C(=C)C)N(C)c1ccccc1. The molecule has 2 rings (SSSR count). The van der Waals surface area contributed by atoms with E-state index in [1.54, 1.807) is 0 Å². The molecule has 0 aliphatic rings. The Balaban J connectivity index is 2.29. The lowest BCUT2D eigenvalue weighted by atomic mass is 9.95. The Hall–Kier alpha value is -2.54. The molecule has 0 aliphatic heterocycles. The number of para-hydroxylation sites is 1. The summed E-state index contributed by atoms with van der Waals surface area (Å²) in [6.45, 7) is 12.6. The van der Waals surface area contributed by atoms with Gasteiger partial charge in [0.15, 0.2) is 0 Å². The van der Waals surface area contributed by atoms with Crippen molar-refractivity contribution in [3.63, 3.8) is 0 Å². The summed E-state index contributed by atoms with van der Waals surface area (Å²) < 4.78 is 0. The van der Waals surface area contributed by atoms with Crippen molar-refractivity contribution in [2.24, 2.45) is 0 Å². The maximum Gasteiger partial charge on any atom is 0.0723 e. The van der Waals surface area contributed by atoms with E-state index in [0.717, 1.165) is 12.0 Å². The Morgan fingerprint density at radius 2 is 1.73 bits per heavy atom. The Kier molecular flexibility index (Phi) is 7.47. The van der Waals surface area contributed by atoms with E-state index in [9.17, 15) is 0 Å². The zero-order valence-electron chi connectivity index (χ0n) is 16.4. The molecule has 0 spiro atoms. The second-order valence-corrected chi connectivity index (χ2v) is 6.85. The van der Waals surface area contributed by atoms with E-state index in [1.807, 2.05) is 12.1 Å². The van der Waals surface area contributed by atoms with E-state index in [1.165, 1.54) is 35.2 Å². The quantitative estimate of drug-likeness (QED) is 0.362. The van der Waals surface area contributed by atoms with Gasteiger partial charge < -0.3 is 4.90 Å². The van der Waals surface area contributed by atoms with Crippen molar-refractivity contribution in [3.05, 3.63) is 96.1 Å². The normalized spacial score (nSPS) is 12.5. The van der Waals surface area contributed by atoms with Gasteiger partial charge in [0.2, 0.25) is 0 Å². The summed E-state index contributed by atoms with van der Waals surface area (Å²) in [7, 11) is 2.10. The smallest absolute Gasteiger partial charge is 0.0723 e. The van der Waals surface area contributed by atoms with Crippen molar-refractivity contribution >= 4 is 11.8 Å². The first kappa shape index (κ1) is 19.8. The molecule has 0 aliphatic carbocycles. The van der Waals surface area contributed by atoms with Crippen LogP contribution in [0.1, 0.15) is 37.8 Å². The first-order chi connectivity index (χ1) is 12.6. The molecule has 26 heavy (non-hydrogen) atoms. The molecule has 0 saturated heterocycles. The van der Waals surface area contributed by atoms with Crippen LogP contribution in [-0.2, 0) is 6.42 Å². The minimum absolute atomic E-state index is 0.0784. The number of rotatable bonds is 9. The van der Waals surface area contributed by atoms with Gasteiger partial charge in [-0.15, -0.1) is 6.58 Å². The highest BCUT2D eigenvalue weighted by Crippen LogP contribution is 2.25. The van der Waals surface area contributed by atoms with Crippen LogP contribution in [0, 0.1) is 0 Å². The van der Waals surface area contributed by atoms with Gasteiger partial charge in [0.25, 0.3) is 0 Å². The third kappa shape index (κ3) is 5.23. The van der Waals surface area contributed by atoms with Crippen LogP contribution in [0.4, 0.5) is 5.69 Å². The van der Waals surface area contributed by atoms with E-state index >= 15 is 0 Å². The average molecular weight is 346 g/mol. The highest BCUT2D eigenvalue weighted by Gasteiger charge is 2.17. The molecule has 2 aromatic rings. The second kappa shape index (κ2) is 9.82. The zero-order valence-corrected chi connectivity index (χ0v) is 16.4. The third-order valence-electron chi connectivity index (χ3n) is 4.74. The number of anilines is 1. The summed E-state index contributed by atoms with van der Waals surface area (Å²) in [4.78, 5) is 2.24. The summed E-state index contributed by atoms with van der Waals surface area (Å²) in [5.41, 5.74) is 6.03. The largest absolute Gasteiger partial charge is 0.364 e. The molecule has 1 atom stereocenters. The molecule has 0 bridgehead atoms. The predicted octanol–water partition coefficient (Wildman–Crippen LogP) is 6.68. The molecule has 0 amide bonds.